The number of piperidine rings is 2. The zero-order chi connectivity index (χ0) is 10.7. The van der Waals surface area contributed by atoms with Gasteiger partial charge in [0.25, 0.3) is 0 Å². The summed E-state index contributed by atoms with van der Waals surface area (Å²) in [6.07, 6.45) is 4.38. The van der Waals surface area contributed by atoms with Crippen LogP contribution in [0.2, 0.25) is 0 Å². The van der Waals surface area contributed by atoms with Crippen LogP contribution in [0.3, 0.4) is 0 Å². The average Bonchev–Trinajstić information content (AvgIpc) is 2.22. The molecule has 1 N–H and O–H groups in total. The summed E-state index contributed by atoms with van der Waals surface area (Å²) in [5.74, 6) is 0. The van der Waals surface area contributed by atoms with E-state index in [4.69, 9.17) is 4.84 Å². The van der Waals surface area contributed by atoms with Crippen molar-refractivity contribution in [3.63, 3.8) is 0 Å². The average molecular weight is 214 g/mol. The van der Waals surface area contributed by atoms with E-state index in [1.54, 1.807) is 0 Å². The van der Waals surface area contributed by atoms with Gasteiger partial charge in [0, 0.05) is 19.6 Å². The largest absolute Gasteiger partial charge is 0.392 e. The number of hydrogen-bond donors (Lipinski definition) is 1. The molecule has 88 valence electrons. The SMILES string of the molecule is CN1CCC(ON2CCCC(O)C2)CC1. The van der Waals surface area contributed by atoms with Gasteiger partial charge in [0.1, 0.15) is 0 Å². The quantitative estimate of drug-likeness (QED) is 0.725. The highest BCUT2D eigenvalue weighted by Gasteiger charge is 2.23. The first-order valence-electron chi connectivity index (χ1n) is 6.02. The summed E-state index contributed by atoms with van der Waals surface area (Å²) in [4.78, 5) is 8.24. The Kier molecular flexibility index (Phi) is 3.97. The summed E-state index contributed by atoms with van der Waals surface area (Å²) in [6, 6.07) is 0. The van der Waals surface area contributed by atoms with Crippen molar-refractivity contribution in [3.8, 4) is 0 Å². The van der Waals surface area contributed by atoms with Gasteiger partial charge in [-0.05, 0) is 32.7 Å². The second-order valence-electron chi connectivity index (χ2n) is 4.79. The Bertz CT molecular complexity index is 193. The summed E-state index contributed by atoms with van der Waals surface area (Å²) >= 11 is 0. The smallest absolute Gasteiger partial charge is 0.0817 e. The highest BCUT2D eigenvalue weighted by Crippen LogP contribution is 2.17. The van der Waals surface area contributed by atoms with Crippen LogP contribution >= 0.6 is 0 Å². The number of likely N-dealkylation sites (tertiary alicyclic amines) is 1. The van der Waals surface area contributed by atoms with Gasteiger partial charge in [-0.25, -0.2) is 0 Å². The van der Waals surface area contributed by atoms with Crippen LogP contribution in [0.4, 0.5) is 0 Å². The Hall–Kier alpha value is -0.160. The van der Waals surface area contributed by atoms with E-state index in [0.29, 0.717) is 12.6 Å². The molecule has 1 unspecified atom stereocenters. The van der Waals surface area contributed by atoms with Gasteiger partial charge < -0.3 is 10.0 Å². The Morgan fingerprint density at radius 2 is 1.87 bits per heavy atom. The van der Waals surface area contributed by atoms with Gasteiger partial charge in [-0.15, -0.1) is 0 Å². The van der Waals surface area contributed by atoms with E-state index in [-0.39, 0.29) is 6.10 Å². The molecule has 0 radical (unpaired) electrons. The molecule has 2 heterocycles. The van der Waals surface area contributed by atoms with Crippen LogP contribution in [0.1, 0.15) is 25.7 Å². The van der Waals surface area contributed by atoms with Crippen molar-refractivity contribution >= 4 is 0 Å². The lowest BCUT2D eigenvalue weighted by Gasteiger charge is -2.35. The van der Waals surface area contributed by atoms with E-state index in [9.17, 15) is 5.11 Å². The molecule has 0 aromatic heterocycles. The number of β-amino-alcohol motifs (C(OH)–C–C–N with tert-alkyl or cyclic N) is 1. The fourth-order valence-electron chi connectivity index (χ4n) is 2.32. The number of hydroxylamine groups is 2. The normalized spacial score (nSPS) is 32.0. The predicted molar refractivity (Wildman–Crippen MR) is 58.4 cm³/mol. The van der Waals surface area contributed by atoms with Crippen LogP contribution in [0.5, 0.6) is 0 Å². The monoisotopic (exact) mass is 214 g/mol. The van der Waals surface area contributed by atoms with Crippen molar-refractivity contribution in [3.05, 3.63) is 0 Å². The molecule has 2 saturated heterocycles. The van der Waals surface area contributed by atoms with E-state index in [2.05, 4.69) is 11.9 Å². The van der Waals surface area contributed by atoms with Gasteiger partial charge >= 0.3 is 0 Å². The fraction of sp³-hybridized carbons (Fsp3) is 1.00. The maximum atomic E-state index is 9.52. The van der Waals surface area contributed by atoms with Gasteiger partial charge in [0.05, 0.1) is 18.8 Å². The van der Waals surface area contributed by atoms with Gasteiger partial charge in [-0.1, -0.05) is 0 Å². The molecule has 0 bridgehead atoms. The molecular formula is C11H22N2O2. The van der Waals surface area contributed by atoms with Gasteiger partial charge in [0.2, 0.25) is 0 Å². The van der Waals surface area contributed by atoms with Crippen LogP contribution in [0.15, 0.2) is 0 Å². The second kappa shape index (κ2) is 5.25. The standard InChI is InChI=1S/C11H22N2O2/c1-12-7-4-11(5-8-12)15-13-6-2-3-10(14)9-13/h10-11,14H,2-9H2,1H3. The van der Waals surface area contributed by atoms with Crippen LogP contribution in [0, 0.1) is 0 Å². The van der Waals surface area contributed by atoms with Crippen molar-refractivity contribution in [2.45, 2.75) is 37.9 Å². The summed E-state index contributed by atoms with van der Waals surface area (Å²) in [6.45, 7) is 3.91. The third kappa shape index (κ3) is 3.41. The lowest BCUT2D eigenvalue weighted by molar-refractivity contribution is -0.227. The first-order valence-corrected chi connectivity index (χ1v) is 6.02. The highest BCUT2D eigenvalue weighted by atomic mass is 16.7. The summed E-state index contributed by atoms with van der Waals surface area (Å²) in [5.41, 5.74) is 0. The Labute approximate surface area is 91.8 Å². The number of rotatable bonds is 2. The molecule has 0 saturated carbocycles. The van der Waals surface area contributed by atoms with E-state index < -0.39 is 0 Å². The molecule has 2 aliphatic heterocycles. The molecule has 15 heavy (non-hydrogen) atoms. The minimum absolute atomic E-state index is 0.190. The molecule has 0 aliphatic carbocycles. The number of nitrogens with zero attached hydrogens (tertiary/aromatic N) is 2. The molecule has 2 rings (SSSR count). The maximum Gasteiger partial charge on any atom is 0.0817 e. The first-order chi connectivity index (χ1) is 7.24. The van der Waals surface area contributed by atoms with E-state index in [1.165, 1.54) is 0 Å². The van der Waals surface area contributed by atoms with E-state index >= 15 is 0 Å². The minimum Gasteiger partial charge on any atom is -0.392 e. The van der Waals surface area contributed by atoms with Crippen LogP contribution < -0.4 is 0 Å². The van der Waals surface area contributed by atoms with Crippen LogP contribution in [-0.4, -0.2) is 60.5 Å². The zero-order valence-electron chi connectivity index (χ0n) is 9.56. The predicted octanol–water partition coefficient (Wildman–Crippen LogP) is 0.469. The molecule has 0 amide bonds. The molecule has 2 aliphatic rings. The molecule has 1 atom stereocenters. The van der Waals surface area contributed by atoms with Crippen LogP contribution in [0.25, 0.3) is 0 Å². The summed E-state index contributed by atoms with van der Waals surface area (Å²) in [5, 5.41) is 11.5. The van der Waals surface area contributed by atoms with Crippen molar-refractivity contribution in [2.24, 2.45) is 0 Å². The van der Waals surface area contributed by atoms with Crippen molar-refractivity contribution in [1.82, 2.24) is 9.96 Å². The number of aliphatic hydroxyl groups excluding tert-OH is 1. The fourth-order valence-corrected chi connectivity index (χ4v) is 2.32. The second-order valence-corrected chi connectivity index (χ2v) is 4.79. The first kappa shape index (κ1) is 11.3. The van der Waals surface area contributed by atoms with Gasteiger partial charge in [0.15, 0.2) is 0 Å². The summed E-state index contributed by atoms with van der Waals surface area (Å²) in [7, 11) is 2.15. The Morgan fingerprint density at radius 1 is 1.13 bits per heavy atom. The Balaban J connectivity index is 1.71. The Morgan fingerprint density at radius 3 is 2.53 bits per heavy atom. The number of aliphatic hydroxyl groups is 1. The lowest BCUT2D eigenvalue weighted by Crippen LogP contribution is -2.43. The third-order valence-electron chi connectivity index (χ3n) is 3.32. The molecular weight excluding hydrogens is 192 g/mol. The number of hydrogen-bond acceptors (Lipinski definition) is 4. The minimum atomic E-state index is -0.190. The molecule has 0 spiro atoms. The molecule has 4 nitrogen and oxygen atoms in total. The lowest BCUT2D eigenvalue weighted by atomic mass is 10.1. The van der Waals surface area contributed by atoms with Gasteiger partial charge in [-0.3, -0.25) is 4.84 Å². The maximum absolute atomic E-state index is 9.52. The molecule has 4 heteroatoms. The highest BCUT2D eigenvalue weighted by molar-refractivity contribution is 4.71. The van der Waals surface area contributed by atoms with Gasteiger partial charge in [-0.2, -0.15) is 5.06 Å². The van der Waals surface area contributed by atoms with Crippen molar-refractivity contribution < 1.29 is 9.94 Å². The van der Waals surface area contributed by atoms with E-state index in [0.717, 1.165) is 45.3 Å². The molecule has 2 fully saturated rings. The topological polar surface area (TPSA) is 35.9 Å². The summed E-state index contributed by atoms with van der Waals surface area (Å²) < 4.78 is 0. The van der Waals surface area contributed by atoms with Crippen molar-refractivity contribution in [1.29, 1.82) is 0 Å². The zero-order valence-corrected chi connectivity index (χ0v) is 9.56. The molecule has 0 aromatic carbocycles. The van der Waals surface area contributed by atoms with Crippen molar-refractivity contribution in [2.75, 3.05) is 33.2 Å². The van der Waals surface area contributed by atoms with Crippen LogP contribution in [-0.2, 0) is 4.84 Å². The molecule has 0 aromatic rings. The third-order valence-corrected chi connectivity index (χ3v) is 3.32. The van der Waals surface area contributed by atoms with E-state index in [1.807, 2.05) is 5.06 Å².